The molecule has 0 rings (SSSR count). The summed E-state index contributed by atoms with van der Waals surface area (Å²) in [6, 6.07) is 0. The molecule has 76 valence electrons. The maximum absolute atomic E-state index is 11.2. The molecule has 0 bridgehead atoms. The first-order valence-corrected chi connectivity index (χ1v) is 4.57. The summed E-state index contributed by atoms with van der Waals surface area (Å²) in [5.74, 6) is -0.231. The molecule has 0 amide bonds. The Morgan fingerprint density at radius 3 is 2.54 bits per heavy atom. The van der Waals surface area contributed by atoms with Crippen LogP contribution in [0.3, 0.4) is 0 Å². The van der Waals surface area contributed by atoms with E-state index >= 15 is 0 Å². The zero-order valence-electron chi connectivity index (χ0n) is 8.96. The van der Waals surface area contributed by atoms with Gasteiger partial charge in [0, 0.05) is 12.1 Å². The van der Waals surface area contributed by atoms with Gasteiger partial charge in [0.2, 0.25) is 0 Å². The Hall–Kier alpha value is -0.830. The van der Waals surface area contributed by atoms with Crippen LogP contribution >= 0.6 is 0 Å². The first-order valence-electron chi connectivity index (χ1n) is 4.57. The van der Waals surface area contributed by atoms with E-state index in [9.17, 15) is 4.79 Å². The molecule has 0 saturated carbocycles. The van der Waals surface area contributed by atoms with E-state index in [4.69, 9.17) is 0 Å². The van der Waals surface area contributed by atoms with Gasteiger partial charge in [0.15, 0.2) is 0 Å². The van der Waals surface area contributed by atoms with Crippen LogP contribution < -0.4 is 0 Å². The quantitative estimate of drug-likeness (QED) is 0.479. The third-order valence-electron chi connectivity index (χ3n) is 1.84. The lowest BCUT2D eigenvalue weighted by Gasteiger charge is -2.16. The fourth-order valence-corrected chi connectivity index (χ4v) is 1.16. The van der Waals surface area contributed by atoms with Gasteiger partial charge in [-0.3, -0.25) is 0 Å². The predicted molar refractivity (Wildman–Crippen MR) is 53.6 cm³/mol. The smallest absolute Gasteiger partial charge is 0.334 e. The molecule has 0 aromatic carbocycles. The number of hydrogen-bond acceptors (Lipinski definition) is 3. The Balaban J connectivity index is 4.06. The minimum atomic E-state index is -0.231. The topological polar surface area (TPSA) is 29.5 Å². The number of nitrogens with zero attached hydrogens (tertiary/aromatic N) is 1. The number of allylic oxidation sites excluding steroid dienone is 1. The number of likely N-dealkylation sites (N-methyl/N-ethyl adjacent to an activating group) is 1. The van der Waals surface area contributed by atoms with E-state index in [-0.39, 0.29) is 5.97 Å². The Bertz CT molecular complexity index is 187. The number of ether oxygens (including phenoxy) is 1. The Morgan fingerprint density at radius 2 is 2.15 bits per heavy atom. The summed E-state index contributed by atoms with van der Waals surface area (Å²) in [6.07, 6.45) is 2.90. The summed E-state index contributed by atoms with van der Waals surface area (Å²) in [6.45, 7) is 5.63. The van der Waals surface area contributed by atoms with Crippen LogP contribution in [-0.4, -0.2) is 38.1 Å². The van der Waals surface area contributed by atoms with Crippen molar-refractivity contribution in [2.75, 3.05) is 27.2 Å². The second-order valence-electron chi connectivity index (χ2n) is 3.04. The molecule has 3 nitrogen and oxygen atoms in total. The highest BCUT2D eigenvalue weighted by molar-refractivity contribution is 5.88. The summed E-state index contributed by atoms with van der Waals surface area (Å²) in [4.78, 5) is 13.3. The van der Waals surface area contributed by atoms with E-state index in [1.807, 2.05) is 14.0 Å². The van der Waals surface area contributed by atoms with Crippen LogP contribution in [0.4, 0.5) is 0 Å². The van der Waals surface area contributed by atoms with Gasteiger partial charge < -0.3 is 9.64 Å². The Morgan fingerprint density at radius 1 is 1.54 bits per heavy atom. The van der Waals surface area contributed by atoms with Crippen LogP contribution in [0.2, 0.25) is 0 Å². The van der Waals surface area contributed by atoms with Crippen LogP contribution in [0, 0.1) is 0 Å². The number of carbonyl (C=O) groups excluding carboxylic acids is 1. The second kappa shape index (κ2) is 6.66. The van der Waals surface area contributed by atoms with Crippen molar-refractivity contribution in [3.63, 3.8) is 0 Å². The van der Waals surface area contributed by atoms with Crippen molar-refractivity contribution in [3.8, 4) is 0 Å². The van der Waals surface area contributed by atoms with Crippen molar-refractivity contribution < 1.29 is 9.53 Å². The molecule has 0 aliphatic rings. The molecule has 0 aliphatic heterocycles. The number of carbonyl (C=O) groups is 1. The van der Waals surface area contributed by atoms with Gasteiger partial charge in [-0.05, 0) is 26.9 Å². The summed E-state index contributed by atoms with van der Waals surface area (Å²) in [5, 5.41) is 0. The third-order valence-corrected chi connectivity index (χ3v) is 1.84. The molecule has 0 fully saturated rings. The molecule has 0 spiro atoms. The molecular formula is C10H19NO2. The molecular weight excluding hydrogens is 166 g/mol. The average Bonchev–Trinajstić information content (AvgIpc) is 2.13. The van der Waals surface area contributed by atoms with Crippen LogP contribution in [0.15, 0.2) is 11.6 Å². The van der Waals surface area contributed by atoms with Crippen LogP contribution in [0.5, 0.6) is 0 Å². The van der Waals surface area contributed by atoms with Crippen LogP contribution in [-0.2, 0) is 9.53 Å². The van der Waals surface area contributed by atoms with Crippen molar-refractivity contribution >= 4 is 5.97 Å². The average molecular weight is 185 g/mol. The molecule has 0 unspecified atom stereocenters. The molecule has 0 N–H and O–H groups in total. The van der Waals surface area contributed by atoms with Gasteiger partial charge in [-0.25, -0.2) is 4.79 Å². The molecule has 0 atom stereocenters. The second-order valence-corrected chi connectivity index (χ2v) is 3.04. The maximum Gasteiger partial charge on any atom is 0.334 e. The molecule has 13 heavy (non-hydrogen) atoms. The Kier molecular flexibility index (Phi) is 6.24. The van der Waals surface area contributed by atoms with Gasteiger partial charge >= 0.3 is 5.97 Å². The molecule has 0 heterocycles. The molecule has 0 radical (unpaired) electrons. The van der Waals surface area contributed by atoms with Crippen LogP contribution in [0.1, 0.15) is 20.3 Å². The number of rotatable bonds is 5. The van der Waals surface area contributed by atoms with E-state index in [1.54, 1.807) is 6.08 Å². The van der Waals surface area contributed by atoms with Gasteiger partial charge in [-0.2, -0.15) is 0 Å². The lowest BCUT2D eigenvalue weighted by molar-refractivity contribution is -0.136. The zero-order chi connectivity index (χ0) is 10.3. The van der Waals surface area contributed by atoms with E-state index in [0.717, 1.165) is 18.5 Å². The SMILES string of the molecule is C/C=C(\CN(C)CCC)C(=O)OC. The summed E-state index contributed by atoms with van der Waals surface area (Å²) in [7, 11) is 3.40. The van der Waals surface area contributed by atoms with Gasteiger partial charge in [0.1, 0.15) is 0 Å². The van der Waals surface area contributed by atoms with E-state index < -0.39 is 0 Å². The monoisotopic (exact) mass is 185 g/mol. The molecule has 0 aliphatic carbocycles. The lowest BCUT2D eigenvalue weighted by Crippen LogP contribution is -2.25. The van der Waals surface area contributed by atoms with Crippen molar-refractivity contribution in [1.82, 2.24) is 4.90 Å². The molecule has 3 heteroatoms. The third kappa shape index (κ3) is 4.68. The van der Waals surface area contributed by atoms with E-state index in [2.05, 4.69) is 16.6 Å². The molecule has 0 aromatic heterocycles. The molecule has 0 aromatic rings. The fourth-order valence-electron chi connectivity index (χ4n) is 1.16. The normalized spacial score (nSPS) is 11.9. The molecule has 0 saturated heterocycles. The van der Waals surface area contributed by atoms with Crippen molar-refractivity contribution in [2.45, 2.75) is 20.3 Å². The largest absolute Gasteiger partial charge is 0.466 e. The summed E-state index contributed by atoms with van der Waals surface area (Å²) < 4.78 is 4.65. The number of hydrogen-bond donors (Lipinski definition) is 0. The van der Waals surface area contributed by atoms with E-state index in [0.29, 0.717) is 6.54 Å². The van der Waals surface area contributed by atoms with Gasteiger partial charge in [0.25, 0.3) is 0 Å². The fraction of sp³-hybridized carbons (Fsp3) is 0.700. The first kappa shape index (κ1) is 12.2. The van der Waals surface area contributed by atoms with E-state index in [1.165, 1.54) is 7.11 Å². The standard InChI is InChI=1S/C10H19NO2/c1-5-7-11(3)8-9(6-2)10(12)13-4/h6H,5,7-8H2,1-4H3/b9-6+. The highest BCUT2D eigenvalue weighted by atomic mass is 16.5. The van der Waals surface area contributed by atoms with Gasteiger partial charge in [-0.15, -0.1) is 0 Å². The summed E-state index contributed by atoms with van der Waals surface area (Å²) >= 11 is 0. The Labute approximate surface area is 80.4 Å². The van der Waals surface area contributed by atoms with Gasteiger partial charge in [-0.1, -0.05) is 13.0 Å². The highest BCUT2D eigenvalue weighted by Crippen LogP contribution is 2.00. The van der Waals surface area contributed by atoms with Crippen LogP contribution in [0.25, 0.3) is 0 Å². The van der Waals surface area contributed by atoms with Crippen molar-refractivity contribution in [2.24, 2.45) is 0 Å². The minimum Gasteiger partial charge on any atom is -0.466 e. The van der Waals surface area contributed by atoms with Crippen molar-refractivity contribution in [3.05, 3.63) is 11.6 Å². The zero-order valence-corrected chi connectivity index (χ0v) is 8.96. The van der Waals surface area contributed by atoms with Gasteiger partial charge in [0.05, 0.1) is 7.11 Å². The van der Waals surface area contributed by atoms with Crippen molar-refractivity contribution in [1.29, 1.82) is 0 Å². The number of methoxy groups -OCH3 is 1. The number of esters is 1. The minimum absolute atomic E-state index is 0.231. The maximum atomic E-state index is 11.2. The highest BCUT2D eigenvalue weighted by Gasteiger charge is 2.09. The first-order chi connectivity index (χ1) is 6.15. The lowest BCUT2D eigenvalue weighted by atomic mass is 10.2. The summed E-state index contributed by atoms with van der Waals surface area (Å²) in [5.41, 5.74) is 0.721. The predicted octanol–water partition coefficient (Wildman–Crippen LogP) is 1.45.